The Balaban J connectivity index is 2.85. The monoisotopic (exact) mass is 376 g/mol. The van der Waals surface area contributed by atoms with Gasteiger partial charge in [-0.2, -0.15) is 0 Å². The first-order valence-electron chi connectivity index (χ1n) is 7.62. The van der Waals surface area contributed by atoms with Crippen LogP contribution in [0.3, 0.4) is 0 Å². The van der Waals surface area contributed by atoms with Crippen LogP contribution in [0.4, 0.5) is 8.78 Å². The smallest absolute Gasteiger partial charge is 0.255 e. The van der Waals surface area contributed by atoms with Gasteiger partial charge in [0.05, 0.1) is 41.0 Å². The maximum Gasteiger partial charge on any atom is 0.255 e. The summed E-state index contributed by atoms with van der Waals surface area (Å²) < 4.78 is 40.4. The second kappa shape index (κ2) is 10.4. The van der Waals surface area contributed by atoms with Crippen molar-refractivity contribution in [2.45, 2.75) is 6.43 Å². The van der Waals surface area contributed by atoms with Gasteiger partial charge in [0.1, 0.15) is 0 Å². The minimum Gasteiger partial charge on any atom is -0.493 e. The van der Waals surface area contributed by atoms with E-state index in [0.717, 1.165) is 4.90 Å². The van der Waals surface area contributed by atoms with Crippen molar-refractivity contribution in [2.75, 3.05) is 47.6 Å². The van der Waals surface area contributed by atoms with Crippen LogP contribution >= 0.6 is 0 Å². The van der Waals surface area contributed by atoms with Crippen LogP contribution in [0.5, 0.6) is 17.2 Å². The molecule has 0 aromatic heterocycles. The molecule has 0 bridgehead atoms. The van der Waals surface area contributed by atoms with E-state index in [-0.39, 0.29) is 23.6 Å². The Bertz CT molecular complexity index is 602. The number of hydrogen-bond acceptors (Lipinski definition) is 6. The number of aliphatic hydroxyl groups excluding tert-OH is 1. The van der Waals surface area contributed by atoms with Gasteiger partial charge in [0.25, 0.3) is 12.3 Å². The molecule has 8 nitrogen and oxygen atoms in total. The Morgan fingerprint density at radius 2 is 1.73 bits per heavy atom. The van der Waals surface area contributed by atoms with E-state index in [4.69, 9.17) is 19.3 Å². The Kier molecular flexibility index (Phi) is 8.56. The standard InChI is InChI=1S/C16H22F2N2O6/c1-24-11-6-10(7-12(25-2)15(11)26-3)16(23)19-8-14(22)20(4-5-21)9-13(17)18/h6-7,13,21H,4-5,8-9H2,1-3H3,(H,19,23). The second-order valence-corrected chi connectivity index (χ2v) is 5.05. The quantitative estimate of drug-likeness (QED) is 0.618. The van der Waals surface area contributed by atoms with Gasteiger partial charge >= 0.3 is 0 Å². The highest BCUT2D eigenvalue weighted by atomic mass is 19.3. The summed E-state index contributed by atoms with van der Waals surface area (Å²) >= 11 is 0. The first-order chi connectivity index (χ1) is 12.4. The van der Waals surface area contributed by atoms with E-state index in [1.807, 2.05) is 0 Å². The predicted octanol–water partition coefficient (Wildman–Crippen LogP) is 0.528. The molecule has 1 aromatic rings. The molecule has 0 saturated carbocycles. The first kappa shape index (κ1) is 21.4. The van der Waals surface area contributed by atoms with Gasteiger partial charge in [0.15, 0.2) is 11.5 Å². The molecule has 0 heterocycles. The molecule has 0 unspecified atom stereocenters. The maximum atomic E-state index is 12.5. The van der Waals surface area contributed by atoms with Crippen molar-refractivity contribution >= 4 is 11.8 Å². The lowest BCUT2D eigenvalue weighted by Crippen LogP contribution is -2.43. The molecule has 0 aliphatic carbocycles. The van der Waals surface area contributed by atoms with Crippen molar-refractivity contribution in [2.24, 2.45) is 0 Å². The summed E-state index contributed by atoms with van der Waals surface area (Å²) in [5.41, 5.74) is 0.134. The molecule has 0 atom stereocenters. The molecular weight excluding hydrogens is 354 g/mol. The Labute approximate surface area is 149 Å². The number of methoxy groups -OCH3 is 3. The Morgan fingerprint density at radius 1 is 1.15 bits per heavy atom. The molecular formula is C16H22F2N2O6. The second-order valence-electron chi connectivity index (χ2n) is 5.05. The number of nitrogens with zero attached hydrogens (tertiary/aromatic N) is 1. The van der Waals surface area contributed by atoms with E-state index in [2.05, 4.69) is 5.32 Å². The number of rotatable bonds is 10. The molecule has 146 valence electrons. The van der Waals surface area contributed by atoms with Crippen LogP contribution < -0.4 is 19.5 Å². The van der Waals surface area contributed by atoms with E-state index in [9.17, 15) is 18.4 Å². The third kappa shape index (κ3) is 5.73. The molecule has 26 heavy (non-hydrogen) atoms. The van der Waals surface area contributed by atoms with E-state index >= 15 is 0 Å². The summed E-state index contributed by atoms with van der Waals surface area (Å²) in [6.45, 7) is -2.02. The van der Waals surface area contributed by atoms with E-state index in [1.165, 1.54) is 33.5 Å². The van der Waals surface area contributed by atoms with Crippen LogP contribution in [0.1, 0.15) is 10.4 Å². The first-order valence-corrected chi connectivity index (χ1v) is 7.62. The largest absolute Gasteiger partial charge is 0.493 e. The lowest BCUT2D eigenvalue weighted by Gasteiger charge is -2.21. The predicted molar refractivity (Wildman–Crippen MR) is 88.1 cm³/mol. The van der Waals surface area contributed by atoms with Crippen LogP contribution in [0.15, 0.2) is 12.1 Å². The lowest BCUT2D eigenvalue weighted by atomic mass is 10.1. The zero-order valence-corrected chi connectivity index (χ0v) is 14.8. The summed E-state index contributed by atoms with van der Waals surface area (Å²) in [4.78, 5) is 25.0. The lowest BCUT2D eigenvalue weighted by molar-refractivity contribution is -0.132. The van der Waals surface area contributed by atoms with E-state index < -0.39 is 37.9 Å². The van der Waals surface area contributed by atoms with Gasteiger partial charge in [0, 0.05) is 12.1 Å². The SMILES string of the molecule is COc1cc(C(=O)NCC(=O)N(CCO)CC(F)F)cc(OC)c1OC. The number of hydrogen-bond donors (Lipinski definition) is 2. The number of nitrogens with one attached hydrogen (secondary N) is 1. The van der Waals surface area contributed by atoms with Crippen molar-refractivity contribution in [3.8, 4) is 17.2 Å². The van der Waals surface area contributed by atoms with Gasteiger partial charge in [-0.1, -0.05) is 0 Å². The molecule has 2 amide bonds. The summed E-state index contributed by atoms with van der Waals surface area (Å²) in [6.07, 6.45) is -2.74. The van der Waals surface area contributed by atoms with Crippen LogP contribution in [0.25, 0.3) is 0 Å². The Morgan fingerprint density at radius 3 is 2.15 bits per heavy atom. The molecule has 1 aromatic carbocycles. The van der Waals surface area contributed by atoms with Gasteiger partial charge < -0.3 is 29.5 Å². The molecule has 2 N–H and O–H groups in total. The van der Waals surface area contributed by atoms with Crippen LogP contribution in [-0.2, 0) is 4.79 Å². The zero-order chi connectivity index (χ0) is 19.7. The number of halogens is 2. The fourth-order valence-corrected chi connectivity index (χ4v) is 2.19. The van der Waals surface area contributed by atoms with Crippen LogP contribution in [0, 0.1) is 0 Å². The molecule has 0 spiro atoms. The number of carbonyl (C=O) groups excluding carboxylic acids is 2. The fraction of sp³-hybridized carbons (Fsp3) is 0.500. The Hall–Kier alpha value is -2.62. The van der Waals surface area contributed by atoms with Crippen molar-refractivity contribution in [1.29, 1.82) is 0 Å². The number of aliphatic hydroxyl groups is 1. The summed E-state index contributed by atoms with van der Waals surface area (Å²) in [5, 5.41) is 11.2. The van der Waals surface area contributed by atoms with Gasteiger partial charge in [-0.25, -0.2) is 8.78 Å². The third-order valence-electron chi connectivity index (χ3n) is 3.41. The fourth-order valence-electron chi connectivity index (χ4n) is 2.19. The van der Waals surface area contributed by atoms with Crippen LogP contribution in [0.2, 0.25) is 0 Å². The molecule has 0 fully saturated rings. The summed E-state index contributed by atoms with van der Waals surface area (Å²) in [6, 6.07) is 2.79. The minimum atomic E-state index is -2.74. The van der Waals surface area contributed by atoms with E-state index in [0.29, 0.717) is 5.75 Å². The number of benzene rings is 1. The molecule has 1 rings (SSSR count). The van der Waals surface area contributed by atoms with Crippen molar-refractivity contribution < 1.29 is 37.7 Å². The summed E-state index contributed by atoms with van der Waals surface area (Å²) in [7, 11) is 4.19. The molecule has 0 aliphatic heterocycles. The average molecular weight is 376 g/mol. The highest BCUT2D eigenvalue weighted by Crippen LogP contribution is 2.38. The van der Waals surface area contributed by atoms with Gasteiger partial charge in [0.2, 0.25) is 11.7 Å². The molecule has 0 radical (unpaired) electrons. The van der Waals surface area contributed by atoms with E-state index in [1.54, 1.807) is 0 Å². The normalized spacial score (nSPS) is 10.4. The van der Waals surface area contributed by atoms with Crippen molar-refractivity contribution in [3.05, 3.63) is 17.7 Å². The van der Waals surface area contributed by atoms with Crippen molar-refractivity contribution in [3.63, 3.8) is 0 Å². The number of alkyl halides is 2. The van der Waals surface area contributed by atoms with Gasteiger partial charge in [-0.3, -0.25) is 9.59 Å². The molecule has 0 aliphatic rings. The maximum absolute atomic E-state index is 12.5. The molecule has 0 saturated heterocycles. The number of amides is 2. The molecule has 10 heteroatoms. The van der Waals surface area contributed by atoms with Crippen LogP contribution in [-0.4, -0.2) is 75.8 Å². The third-order valence-corrected chi connectivity index (χ3v) is 3.41. The highest BCUT2D eigenvalue weighted by Gasteiger charge is 2.20. The highest BCUT2D eigenvalue weighted by molar-refractivity contribution is 5.97. The van der Waals surface area contributed by atoms with Gasteiger partial charge in [-0.05, 0) is 12.1 Å². The zero-order valence-electron chi connectivity index (χ0n) is 14.8. The minimum absolute atomic E-state index is 0.134. The number of carbonyl (C=O) groups is 2. The average Bonchev–Trinajstić information content (AvgIpc) is 2.63. The van der Waals surface area contributed by atoms with Gasteiger partial charge in [-0.15, -0.1) is 0 Å². The number of ether oxygens (including phenoxy) is 3. The summed E-state index contributed by atoms with van der Waals surface area (Å²) in [5.74, 6) is -0.557. The van der Waals surface area contributed by atoms with Crippen molar-refractivity contribution in [1.82, 2.24) is 10.2 Å². The topological polar surface area (TPSA) is 97.3 Å².